The molecule has 128 valence electrons. The first kappa shape index (κ1) is 19.0. The molecule has 0 aliphatic carbocycles. The summed E-state index contributed by atoms with van der Waals surface area (Å²) in [6, 6.07) is 7.44. The van der Waals surface area contributed by atoms with Crippen molar-refractivity contribution in [2.45, 2.75) is 45.1 Å². The van der Waals surface area contributed by atoms with E-state index in [1.807, 2.05) is 12.1 Å². The first-order valence-electron chi connectivity index (χ1n) is 8.05. The summed E-state index contributed by atoms with van der Waals surface area (Å²) in [5, 5.41) is 5.33. The average molecular weight is 320 g/mol. The second-order valence-corrected chi connectivity index (χ2v) is 5.98. The van der Waals surface area contributed by atoms with E-state index >= 15 is 0 Å². The van der Waals surface area contributed by atoms with Crippen molar-refractivity contribution in [1.29, 1.82) is 0 Å². The zero-order valence-corrected chi connectivity index (χ0v) is 14.0. The maximum absolute atomic E-state index is 11.7. The van der Waals surface area contributed by atoms with Gasteiger partial charge in [-0.3, -0.25) is 4.79 Å². The molecule has 0 heterocycles. The number of unbranched alkanes of at least 4 members (excludes halogenated alkanes) is 1. The minimum atomic E-state index is -0.538. The lowest BCUT2D eigenvalue weighted by Gasteiger charge is -2.14. The van der Waals surface area contributed by atoms with E-state index in [0.717, 1.165) is 12.0 Å². The summed E-state index contributed by atoms with van der Waals surface area (Å²) in [6.07, 6.45) is 1.84. The zero-order chi connectivity index (χ0) is 17.2. The van der Waals surface area contributed by atoms with Crippen LogP contribution in [0, 0.1) is 0 Å². The van der Waals surface area contributed by atoms with Crippen molar-refractivity contribution in [2.24, 2.45) is 11.5 Å². The maximum atomic E-state index is 11.7. The fourth-order valence-corrected chi connectivity index (χ4v) is 2.18. The largest absolute Gasteiger partial charge is 0.354 e. The van der Waals surface area contributed by atoms with E-state index in [-0.39, 0.29) is 11.9 Å². The number of hydrogen-bond donors (Lipinski definition) is 4. The van der Waals surface area contributed by atoms with Crippen molar-refractivity contribution in [3.63, 3.8) is 0 Å². The molecule has 1 atom stereocenters. The lowest BCUT2D eigenvalue weighted by atomic mass is 9.99. The number of primary amides is 1. The molecular weight excluding hydrogens is 292 g/mol. The van der Waals surface area contributed by atoms with E-state index in [2.05, 4.69) is 36.6 Å². The molecule has 0 bridgehead atoms. The van der Waals surface area contributed by atoms with Crippen LogP contribution in [-0.4, -0.2) is 25.0 Å². The summed E-state index contributed by atoms with van der Waals surface area (Å²) < 4.78 is 0. The smallest absolute Gasteiger partial charge is 0.312 e. The molecule has 23 heavy (non-hydrogen) atoms. The quantitative estimate of drug-likeness (QED) is 0.520. The normalized spacial score (nSPS) is 12.0. The highest BCUT2D eigenvalue weighted by atomic mass is 16.2. The fraction of sp³-hybridized carbons (Fsp3) is 0.529. The van der Waals surface area contributed by atoms with E-state index in [9.17, 15) is 9.59 Å². The number of amides is 3. The van der Waals surface area contributed by atoms with E-state index < -0.39 is 6.03 Å². The number of urea groups is 1. The predicted octanol–water partition coefficient (Wildman–Crippen LogP) is 1.76. The molecule has 0 aliphatic heterocycles. The van der Waals surface area contributed by atoms with E-state index in [0.29, 0.717) is 31.8 Å². The van der Waals surface area contributed by atoms with Gasteiger partial charge in [-0.15, -0.1) is 0 Å². The second-order valence-electron chi connectivity index (χ2n) is 5.98. The van der Waals surface area contributed by atoms with E-state index in [1.54, 1.807) is 0 Å². The molecule has 1 rings (SSSR count). The summed E-state index contributed by atoms with van der Waals surface area (Å²) in [4.78, 5) is 22.2. The molecule has 0 saturated heterocycles. The van der Waals surface area contributed by atoms with Gasteiger partial charge in [0.2, 0.25) is 5.91 Å². The van der Waals surface area contributed by atoms with Crippen molar-refractivity contribution in [2.75, 3.05) is 13.1 Å². The van der Waals surface area contributed by atoms with Gasteiger partial charge in [0.15, 0.2) is 0 Å². The standard InChI is InChI=1S/C17H28N4O2/c1-12(2)13-6-8-14(9-7-13)15(18)11-21-16(22)5-3-4-10-20-17(19)23/h6-9,12,15H,3-5,10-11,18H2,1-2H3,(H,21,22)(H3,19,20,23). The lowest BCUT2D eigenvalue weighted by molar-refractivity contribution is -0.121. The highest BCUT2D eigenvalue weighted by molar-refractivity contribution is 5.75. The molecule has 0 radical (unpaired) electrons. The molecule has 0 aromatic heterocycles. The fourth-order valence-electron chi connectivity index (χ4n) is 2.18. The first-order valence-corrected chi connectivity index (χ1v) is 8.05. The molecule has 3 amide bonds. The second kappa shape index (κ2) is 9.84. The van der Waals surface area contributed by atoms with Crippen molar-refractivity contribution >= 4 is 11.9 Å². The Balaban J connectivity index is 2.25. The third-order valence-electron chi connectivity index (χ3n) is 3.68. The Hall–Kier alpha value is -2.08. The Bertz CT molecular complexity index is 500. The highest BCUT2D eigenvalue weighted by Gasteiger charge is 2.09. The number of hydrogen-bond acceptors (Lipinski definition) is 3. The molecule has 0 spiro atoms. The molecule has 1 aromatic rings. The summed E-state index contributed by atoms with van der Waals surface area (Å²) in [5.74, 6) is 0.461. The van der Waals surface area contributed by atoms with Crippen LogP contribution in [0.5, 0.6) is 0 Å². The van der Waals surface area contributed by atoms with Gasteiger partial charge in [0.1, 0.15) is 0 Å². The molecule has 0 fully saturated rings. The molecule has 6 N–H and O–H groups in total. The van der Waals surface area contributed by atoms with Crippen LogP contribution in [0.15, 0.2) is 24.3 Å². The number of nitrogens with two attached hydrogens (primary N) is 2. The molecule has 1 aromatic carbocycles. The minimum absolute atomic E-state index is 0.0293. The van der Waals surface area contributed by atoms with Crippen LogP contribution in [0.3, 0.4) is 0 Å². The third kappa shape index (κ3) is 7.65. The van der Waals surface area contributed by atoms with Crippen LogP contribution in [-0.2, 0) is 4.79 Å². The van der Waals surface area contributed by atoms with Crippen molar-refractivity contribution in [1.82, 2.24) is 10.6 Å². The Kier molecular flexibility index (Phi) is 8.11. The number of nitrogens with one attached hydrogen (secondary N) is 2. The molecule has 0 aliphatic rings. The predicted molar refractivity (Wildman–Crippen MR) is 91.9 cm³/mol. The Morgan fingerprint density at radius 3 is 2.22 bits per heavy atom. The van der Waals surface area contributed by atoms with E-state index in [4.69, 9.17) is 11.5 Å². The van der Waals surface area contributed by atoms with Crippen molar-refractivity contribution < 1.29 is 9.59 Å². The van der Waals surface area contributed by atoms with Crippen LogP contribution in [0.25, 0.3) is 0 Å². The lowest BCUT2D eigenvalue weighted by Crippen LogP contribution is -2.32. The van der Waals surface area contributed by atoms with Gasteiger partial charge in [-0.1, -0.05) is 38.1 Å². The first-order chi connectivity index (χ1) is 10.9. The molecular formula is C17H28N4O2. The van der Waals surface area contributed by atoms with Gasteiger partial charge >= 0.3 is 6.03 Å². The molecule has 0 saturated carbocycles. The summed E-state index contributed by atoms with van der Waals surface area (Å²) >= 11 is 0. The number of benzene rings is 1. The zero-order valence-electron chi connectivity index (χ0n) is 14.0. The maximum Gasteiger partial charge on any atom is 0.312 e. The van der Waals surface area contributed by atoms with Crippen LogP contribution in [0.2, 0.25) is 0 Å². The Morgan fingerprint density at radius 1 is 1.04 bits per heavy atom. The Morgan fingerprint density at radius 2 is 1.65 bits per heavy atom. The van der Waals surface area contributed by atoms with Crippen LogP contribution in [0.1, 0.15) is 56.2 Å². The van der Waals surface area contributed by atoms with Crippen LogP contribution in [0.4, 0.5) is 4.79 Å². The SMILES string of the molecule is CC(C)c1ccc(C(N)CNC(=O)CCCCNC(N)=O)cc1. The third-order valence-corrected chi connectivity index (χ3v) is 3.68. The number of carbonyl (C=O) groups is 2. The topological polar surface area (TPSA) is 110 Å². The summed E-state index contributed by atoms with van der Waals surface area (Å²) in [6.45, 7) is 5.20. The molecule has 6 heteroatoms. The summed E-state index contributed by atoms with van der Waals surface area (Å²) in [5.41, 5.74) is 13.3. The Labute approximate surface area is 138 Å². The van der Waals surface area contributed by atoms with E-state index in [1.165, 1.54) is 5.56 Å². The number of rotatable bonds is 9. The van der Waals surface area contributed by atoms with Gasteiger partial charge in [0.05, 0.1) is 0 Å². The molecule has 6 nitrogen and oxygen atoms in total. The number of carbonyl (C=O) groups excluding carboxylic acids is 2. The van der Waals surface area contributed by atoms with Crippen molar-refractivity contribution in [3.05, 3.63) is 35.4 Å². The van der Waals surface area contributed by atoms with Crippen LogP contribution >= 0.6 is 0 Å². The van der Waals surface area contributed by atoms with Crippen LogP contribution < -0.4 is 22.1 Å². The van der Waals surface area contributed by atoms with Crippen molar-refractivity contribution in [3.8, 4) is 0 Å². The van der Waals surface area contributed by atoms with Gasteiger partial charge in [-0.05, 0) is 29.9 Å². The monoisotopic (exact) mass is 320 g/mol. The van der Waals surface area contributed by atoms with Gasteiger partial charge in [0, 0.05) is 25.6 Å². The minimum Gasteiger partial charge on any atom is -0.354 e. The average Bonchev–Trinajstić information content (AvgIpc) is 2.52. The van der Waals surface area contributed by atoms with Gasteiger partial charge < -0.3 is 22.1 Å². The van der Waals surface area contributed by atoms with Gasteiger partial charge in [-0.25, -0.2) is 4.79 Å². The van der Waals surface area contributed by atoms with Gasteiger partial charge in [0.25, 0.3) is 0 Å². The highest BCUT2D eigenvalue weighted by Crippen LogP contribution is 2.17. The molecule has 1 unspecified atom stereocenters. The summed E-state index contributed by atoms with van der Waals surface area (Å²) in [7, 11) is 0. The van der Waals surface area contributed by atoms with Gasteiger partial charge in [-0.2, -0.15) is 0 Å².